The molecule has 2 saturated carbocycles. The number of carboxylic acid groups (broad SMARTS) is 1. The zero-order chi connectivity index (χ0) is 19.4. The van der Waals surface area contributed by atoms with Crippen LogP contribution in [0, 0.1) is 5.92 Å². The molecule has 0 saturated heterocycles. The predicted octanol–water partition coefficient (Wildman–Crippen LogP) is 4.63. The number of carbonyl (C=O) groups is 2. The number of benzene rings is 1. The van der Waals surface area contributed by atoms with Crippen molar-refractivity contribution in [2.45, 2.75) is 76.8 Å². The maximum absolute atomic E-state index is 13.2. The first-order valence-corrected chi connectivity index (χ1v) is 10.3. The Kier molecular flexibility index (Phi) is 6.40. The first-order chi connectivity index (χ1) is 13.0. The minimum atomic E-state index is -0.947. The molecule has 27 heavy (non-hydrogen) atoms. The summed E-state index contributed by atoms with van der Waals surface area (Å²) in [5.74, 6) is 1.22. The second-order valence-electron chi connectivity index (χ2n) is 8.42. The highest BCUT2D eigenvalue weighted by molar-refractivity contribution is 5.95. The Morgan fingerprint density at radius 1 is 1.04 bits per heavy atom. The normalized spacial score (nSPS) is 22.5. The second kappa shape index (κ2) is 8.77. The quantitative estimate of drug-likeness (QED) is 0.733. The first-order valence-electron chi connectivity index (χ1n) is 10.3. The lowest BCUT2D eigenvalue weighted by Crippen LogP contribution is -2.44. The molecule has 1 aromatic rings. The fourth-order valence-electron chi connectivity index (χ4n) is 4.24. The van der Waals surface area contributed by atoms with Crippen molar-refractivity contribution in [3.05, 3.63) is 35.4 Å². The summed E-state index contributed by atoms with van der Waals surface area (Å²) >= 11 is 0. The van der Waals surface area contributed by atoms with Crippen LogP contribution >= 0.6 is 0 Å². The van der Waals surface area contributed by atoms with E-state index in [0.717, 1.165) is 50.5 Å². The fraction of sp³-hybridized carbons (Fsp3) is 0.636. The molecule has 2 amide bonds. The van der Waals surface area contributed by atoms with Crippen molar-refractivity contribution in [1.82, 2.24) is 10.2 Å². The van der Waals surface area contributed by atoms with Gasteiger partial charge in [0.1, 0.15) is 0 Å². The van der Waals surface area contributed by atoms with E-state index in [1.54, 1.807) is 0 Å². The van der Waals surface area contributed by atoms with Gasteiger partial charge in [0, 0.05) is 24.2 Å². The van der Waals surface area contributed by atoms with Crippen molar-refractivity contribution in [3.8, 4) is 0 Å². The number of hydrogen-bond acceptors (Lipinski definition) is 2. The molecule has 0 aliphatic heterocycles. The molecule has 2 aliphatic rings. The number of nitrogens with one attached hydrogen (secondary N) is 1. The van der Waals surface area contributed by atoms with Gasteiger partial charge in [0.2, 0.25) is 0 Å². The lowest BCUT2D eigenvalue weighted by atomic mass is 9.83. The number of hydrogen-bond donors (Lipinski definition) is 2. The molecular weight excluding hydrogens is 340 g/mol. The van der Waals surface area contributed by atoms with E-state index in [9.17, 15) is 9.59 Å². The first kappa shape index (κ1) is 19.7. The summed E-state index contributed by atoms with van der Waals surface area (Å²) in [4.78, 5) is 25.9. The summed E-state index contributed by atoms with van der Waals surface area (Å²) in [5.41, 5.74) is 2.07. The van der Waals surface area contributed by atoms with Gasteiger partial charge in [-0.3, -0.25) is 4.79 Å². The van der Waals surface area contributed by atoms with Crippen molar-refractivity contribution in [2.24, 2.45) is 5.92 Å². The van der Waals surface area contributed by atoms with Crippen LogP contribution in [0.3, 0.4) is 0 Å². The smallest absolute Gasteiger partial charge is 0.404 e. The molecule has 3 rings (SSSR count). The Hall–Kier alpha value is -2.04. The summed E-state index contributed by atoms with van der Waals surface area (Å²) in [6, 6.07) is 8.87. The lowest BCUT2D eigenvalue weighted by Gasteiger charge is -2.37. The summed E-state index contributed by atoms with van der Waals surface area (Å²) in [5, 5.41) is 11.1. The molecule has 2 fully saturated rings. The standard InChI is InChI=1S/C22H32N2O3/c1-15(2)17-5-7-18(8-6-17)21(25)24(20-11-12-20)19-9-3-16(4-10-19)13-14-23-22(26)27/h5-8,15-16,19-20,23H,3-4,9-14H2,1-2H3,(H,26,27). The average Bonchev–Trinajstić information content (AvgIpc) is 3.48. The molecule has 2 N–H and O–H groups in total. The Morgan fingerprint density at radius 3 is 2.07 bits per heavy atom. The molecule has 0 spiro atoms. The molecule has 0 heterocycles. The topological polar surface area (TPSA) is 69.6 Å². The fourth-order valence-corrected chi connectivity index (χ4v) is 4.24. The molecule has 148 valence electrons. The summed E-state index contributed by atoms with van der Waals surface area (Å²) < 4.78 is 0. The number of nitrogens with zero attached hydrogens (tertiary/aromatic N) is 1. The van der Waals surface area contributed by atoms with Gasteiger partial charge in [-0.15, -0.1) is 0 Å². The maximum atomic E-state index is 13.2. The lowest BCUT2D eigenvalue weighted by molar-refractivity contribution is 0.0585. The summed E-state index contributed by atoms with van der Waals surface area (Å²) in [7, 11) is 0. The second-order valence-corrected chi connectivity index (χ2v) is 8.42. The molecule has 0 bridgehead atoms. The van der Waals surface area contributed by atoms with Crippen LogP contribution in [0.25, 0.3) is 0 Å². The zero-order valence-corrected chi connectivity index (χ0v) is 16.5. The predicted molar refractivity (Wildman–Crippen MR) is 106 cm³/mol. The number of amides is 2. The molecular formula is C22H32N2O3. The van der Waals surface area contributed by atoms with Gasteiger partial charge in [-0.05, 0) is 74.5 Å². The van der Waals surface area contributed by atoms with E-state index in [2.05, 4.69) is 36.2 Å². The van der Waals surface area contributed by atoms with E-state index in [-0.39, 0.29) is 5.91 Å². The van der Waals surface area contributed by atoms with Crippen LogP contribution in [-0.2, 0) is 0 Å². The van der Waals surface area contributed by atoms with Crippen molar-refractivity contribution in [3.63, 3.8) is 0 Å². The Labute approximate surface area is 162 Å². The van der Waals surface area contributed by atoms with Gasteiger partial charge < -0.3 is 15.3 Å². The number of rotatable bonds is 7. The van der Waals surface area contributed by atoms with Crippen LogP contribution in [0.4, 0.5) is 4.79 Å². The van der Waals surface area contributed by atoms with Crippen molar-refractivity contribution in [2.75, 3.05) is 6.54 Å². The molecule has 0 aromatic heterocycles. The van der Waals surface area contributed by atoms with Gasteiger partial charge in [0.15, 0.2) is 0 Å². The maximum Gasteiger partial charge on any atom is 0.404 e. The average molecular weight is 373 g/mol. The molecule has 2 aliphatic carbocycles. The molecule has 0 radical (unpaired) electrons. The van der Waals surface area contributed by atoms with Gasteiger partial charge in [-0.2, -0.15) is 0 Å². The van der Waals surface area contributed by atoms with Crippen LogP contribution < -0.4 is 5.32 Å². The van der Waals surface area contributed by atoms with Crippen LogP contribution in [0.15, 0.2) is 24.3 Å². The van der Waals surface area contributed by atoms with E-state index in [1.807, 2.05) is 12.1 Å². The Bertz CT molecular complexity index is 644. The highest BCUT2D eigenvalue weighted by Gasteiger charge is 2.39. The van der Waals surface area contributed by atoms with Crippen molar-refractivity contribution < 1.29 is 14.7 Å². The molecule has 5 heteroatoms. The SMILES string of the molecule is CC(C)c1ccc(C(=O)N(C2CCC(CCNC(=O)O)CC2)C2CC2)cc1. The highest BCUT2D eigenvalue weighted by Crippen LogP contribution is 2.37. The minimum absolute atomic E-state index is 0.184. The van der Waals surface area contributed by atoms with E-state index in [1.165, 1.54) is 5.56 Å². The van der Waals surface area contributed by atoms with Gasteiger partial charge >= 0.3 is 6.09 Å². The minimum Gasteiger partial charge on any atom is -0.465 e. The van der Waals surface area contributed by atoms with Crippen LogP contribution in [0.1, 0.15) is 80.6 Å². The third-order valence-corrected chi connectivity index (χ3v) is 6.04. The van der Waals surface area contributed by atoms with Gasteiger partial charge in [-0.25, -0.2) is 4.79 Å². The van der Waals surface area contributed by atoms with Crippen LogP contribution in [0.2, 0.25) is 0 Å². The Balaban J connectivity index is 1.58. The molecule has 0 unspecified atom stereocenters. The largest absolute Gasteiger partial charge is 0.465 e. The third-order valence-electron chi connectivity index (χ3n) is 6.04. The van der Waals surface area contributed by atoms with E-state index >= 15 is 0 Å². The van der Waals surface area contributed by atoms with Gasteiger partial charge in [0.05, 0.1) is 0 Å². The zero-order valence-electron chi connectivity index (χ0n) is 16.5. The number of carbonyl (C=O) groups excluding carboxylic acids is 1. The third kappa shape index (κ3) is 5.24. The van der Waals surface area contributed by atoms with Crippen LogP contribution in [-0.4, -0.2) is 40.6 Å². The van der Waals surface area contributed by atoms with Crippen molar-refractivity contribution >= 4 is 12.0 Å². The molecule has 1 aromatic carbocycles. The molecule has 5 nitrogen and oxygen atoms in total. The highest BCUT2D eigenvalue weighted by atomic mass is 16.4. The van der Waals surface area contributed by atoms with E-state index in [0.29, 0.717) is 30.5 Å². The van der Waals surface area contributed by atoms with Crippen LogP contribution in [0.5, 0.6) is 0 Å². The molecule has 0 atom stereocenters. The Morgan fingerprint density at radius 2 is 1.59 bits per heavy atom. The van der Waals surface area contributed by atoms with E-state index < -0.39 is 6.09 Å². The monoisotopic (exact) mass is 372 g/mol. The van der Waals surface area contributed by atoms with Gasteiger partial charge in [0.25, 0.3) is 5.91 Å². The van der Waals surface area contributed by atoms with E-state index in [4.69, 9.17) is 5.11 Å². The van der Waals surface area contributed by atoms with Crippen molar-refractivity contribution in [1.29, 1.82) is 0 Å². The summed E-state index contributed by atoms with van der Waals surface area (Å²) in [6.45, 7) is 4.85. The summed E-state index contributed by atoms with van der Waals surface area (Å²) in [6.07, 6.45) is 6.42. The van der Waals surface area contributed by atoms with Gasteiger partial charge in [-0.1, -0.05) is 26.0 Å².